The van der Waals surface area contributed by atoms with E-state index in [-0.39, 0.29) is 5.60 Å². The van der Waals surface area contributed by atoms with Crippen molar-refractivity contribution in [2.24, 2.45) is 5.84 Å². The highest BCUT2D eigenvalue weighted by Gasteiger charge is 2.15. The fourth-order valence-electron chi connectivity index (χ4n) is 1.21. The van der Waals surface area contributed by atoms with Crippen LogP contribution in [0.15, 0.2) is 18.3 Å². The number of rotatable bonds is 7. The molecule has 0 bridgehead atoms. The van der Waals surface area contributed by atoms with Gasteiger partial charge < -0.3 is 14.9 Å². The van der Waals surface area contributed by atoms with Gasteiger partial charge in [-0.25, -0.2) is 10.8 Å². The molecule has 0 aliphatic heterocycles. The van der Waals surface area contributed by atoms with E-state index in [9.17, 15) is 0 Å². The van der Waals surface area contributed by atoms with Crippen molar-refractivity contribution < 1.29 is 9.47 Å². The molecular formula is C12H21N3O2. The lowest BCUT2D eigenvalue weighted by Gasteiger charge is -2.22. The second-order valence-electron chi connectivity index (χ2n) is 4.46. The summed E-state index contributed by atoms with van der Waals surface area (Å²) in [5.41, 5.74) is 3.37. The number of methoxy groups -OCH3 is 1. The molecule has 1 aromatic heterocycles. The van der Waals surface area contributed by atoms with E-state index in [0.29, 0.717) is 19.0 Å². The van der Waals surface area contributed by atoms with E-state index in [2.05, 4.69) is 10.4 Å². The number of hydrogen-bond acceptors (Lipinski definition) is 5. The smallest absolute Gasteiger partial charge is 0.139 e. The van der Waals surface area contributed by atoms with Crippen LogP contribution in [0.3, 0.4) is 0 Å². The van der Waals surface area contributed by atoms with Crippen LogP contribution >= 0.6 is 0 Å². The standard InChI is InChI=1S/C12H21N3O2/c1-12(2,16-3)6-7-17-9-10-4-5-11(15-13)14-8-10/h4-5,8H,6-7,9,13H2,1-3H3,(H,14,15). The third-order valence-electron chi connectivity index (χ3n) is 2.64. The number of nitrogen functional groups attached to an aromatic ring is 1. The van der Waals surface area contributed by atoms with Crippen molar-refractivity contribution in [3.8, 4) is 0 Å². The topological polar surface area (TPSA) is 69.4 Å². The van der Waals surface area contributed by atoms with E-state index in [1.807, 2.05) is 26.0 Å². The number of pyridine rings is 1. The van der Waals surface area contributed by atoms with Crippen molar-refractivity contribution in [1.82, 2.24) is 4.98 Å². The number of anilines is 1. The number of nitrogens with zero attached hydrogens (tertiary/aromatic N) is 1. The predicted octanol–water partition coefficient (Wildman–Crippen LogP) is 1.70. The summed E-state index contributed by atoms with van der Waals surface area (Å²) in [5.74, 6) is 5.87. The molecule has 0 amide bonds. The van der Waals surface area contributed by atoms with Crippen LogP contribution in [-0.2, 0) is 16.1 Å². The van der Waals surface area contributed by atoms with Gasteiger partial charge in [0.05, 0.1) is 12.2 Å². The molecule has 3 N–H and O–H groups in total. The van der Waals surface area contributed by atoms with Crippen LogP contribution < -0.4 is 11.3 Å². The predicted molar refractivity (Wildman–Crippen MR) is 67.4 cm³/mol. The molecule has 0 unspecified atom stereocenters. The molecule has 96 valence electrons. The molecule has 0 aromatic carbocycles. The molecule has 1 rings (SSSR count). The van der Waals surface area contributed by atoms with E-state index in [1.54, 1.807) is 13.3 Å². The average Bonchev–Trinajstić information content (AvgIpc) is 2.35. The highest BCUT2D eigenvalue weighted by atomic mass is 16.5. The normalized spacial score (nSPS) is 11.5. The zero-order chi connectivity index (χ0) is 12.7. The summed E-state index contributed by atoms with van der Waals surface area (Å²) in [7, 11) is 1.71. The summed E-state index contributed by atoms with van der Waals surface area (Å²) < 4.78 is 10.9. The van der Waals surface area contributed by atoms with Crippen molar-refractivity contribution in [3.05, 3.63) is 23.9 Å². The lowest BCUT2D eigenvalue weighted by atomic mass is 10.1. The number of aromatic nitrogens is 1. The second-order valence-corrected chi connectivity index (χ2v) is 4.46. The van der Waals surface area contributed by atoms with Gasteiger partial charge in [-0.15, -0.1) is 0 Å². The van der Waals surface area contributed by atoms with Crippen LogP contribution in [-0.4, -0.2) is 24.3 Å². The molecule has 1 heterocycles. The quantitative estimate of drug-likeness (QED) is 0.430. The maximum atomic E-state index is 5.56. The maximum absolute atomic E-state index is 5.56. The van der Waals surface area contributed by atoms with Crippen molar-refractivity contribution in [2.75, 3.05) is 19.1 Å². The monoisotopic (exact) mass is 239 g/mol. The molecule has 0 atom stereocenters. The van der Waals surface area contributed by atoms with Gasteiger partial charge in [-0.1, -0.05) is 6.07 Å². The van der Waals surface area contributed by atoms with E-state index in [0.717, 1.165) is 12.0 Å². The highest BCUT2D eigenvalue weighted by Crippen LogP contribution is 2.13. The van der Waals surface area contributed by atoms with Crippen molar-refractivity contribution in [1.29, 1.82) is 0 Å². The van der Waals surface area contributed by atoms with E-state index < -0.39 is 0 Å². The molecule has 5 heteroatoms. The first-order valence-electron chi connectivity index (χ1n) is 5.62. The molecule has 0 radical (unpaired) electrons. The van der Waals surface area contributed by atoms with E-state index >= 15 is 0 Å². The summed E-state index contributed by atoms with van der Waals surface area (Å²) in [4.78, 5) is 4.10. The Morgan fingerprint density at radius 3 is 2.71 bits per heavy atom. The van der Waals surface area contributed by atoms with Gasteiger partial charge in [0.1, 0.15) is 5.82 Å². The lowest BCUT2D eigenvalue weighted by molar-refractivity contribution is -0.0124. The van der Waals surface area contributed by atoms with Crippen molar-refractivity contribution in [3.63, 3.8) is 0 Å². The molecule has 0 saturated carbocycles. The van der Waals surface area contributed by atoms with E-state index in [4.69, 9.17) is 15.3 Å². The third-order valence-corrected chi connectivity index (χ3v) is 2.64. The zero-order valence-corrected chi connectivity index (χ0v) is 10.7. The van der Waals surface area contributed by atoms with Gasteiger partial charge in [0, 0.05) is 19.9 Å². The molecule has 1 aromatic rings. The number of nitrogens with one attached hydrogen (secondary N) is 1. The van der Waals surface area contributed by atoms with Gasteiger partial charge in [0.2, 0.25) is 0 Å². The number of ether oxygens (including phenoxy) is 2. The first-order valence-corrected chi connectivity index (χ1v) is 5.62. The Balaban J connectivity index is 2.26. The first-order chi connectivity index (χ1) is 8.07. The Kier molecular flexibility index (Phi) is 5.34. The Labute approximate surface area is 102 Å². The Bertz CT molecular complexity index is 325. The maximum Gasteiger partial charge on any atom is 0.139 e. The second kappa shape index (κ2) is 6.54. The Morgan fingerprint density at radius 1 is 1.41 bits per heavy atom. The molecule has 17 heavy (non-hydrogen) atoms. The summed E-state index contributed by atoms with van der Waals surface area (Å²) >= 11 is 0. The molecular weight excluding hydrogens is 218 g/mol. The van der Waals surface area contributed by atoms with Gasteiger partial charge in [-0.2, -0.15) is 0 Å². The highest BCUT2D eigenvalue weighted by molar-refractivity contribution is 5.33. The van der Waals surface area contributed by atoms with Crippen LogP contribution in [0, 0.1) is 0 Å². The minimum atomic E-state index is -0.133. The summed E-state index contributed by atoms with van der Waals surface area (Å²) in [6, 6.07) is 3.75. The first kappa shape index (κ1) is 13.9. The summed E-state index contributed by atoms with van der Waals surface area (Å²) in [5, 5.41) is 0. The molecule has 0 saturated heterocycles. The Hall–Kier alpha value is -1.17. The number of hydrazine groups is 1. The minimum absolute atomic E-state index is 0.133. The summed E-state index contributed by atoms with van der Waals surface area (Å²) in [6.45, 7) is 5.30. The summed E-state index contributed by atoms with van der Waals surface area (Å²) in [6.07, 6.45) is 2.61. The molecule has 0 aliphatic carbocycles. The number of hydrogen-bond donors (Lipinski definition) is 2. The molecule has 5 nitrogen and oxygen atoms in total. The fraction of sp³-hybridized carbons (Fsp3) is 0.583. The van der Waals surface area contributed by atoms with Gasteiger partial charge >= 0.3 is 0 Å². The third kappa shape index (κ3) is 5.12. The molecule has 0 aliphatic rings. The SMILES string of the molecule is COC(C)(C)CCOCc1ccc(NN)nc1. The largest absolute Gasteiger partial charge is 0.379 e. The van der Waals surface area contributed by atoms with Crippen molar-refractivity contribution in [2.45, 2.75) is 32.5 Å². The van der Waals surface area contributed by atoms with Crippen LogP contribution in [0.2, 0.25) is 0 Å². The molecule has 0 spiro atoms. The van der Waals surface area contributed by atoms with Crippen LogP contribution in [0.1, 0.15) is 25.8 Å². The number of nitrogens with two attached hydrogens (primary N) is 1. The van der Waals surface area contributed by atoms with Gasteiger partial charge in [-0.3, -0.25) is 0 Å². The van der Waals surface area contributed by atoms with Gasteiger partial charge in [0.15, 0.2) is 0 Å². The van der Waals surface area contributed by atoms with Gasteiger partial charge in [-0.05, 0) is 31.9 Å². The minimum Gasteiger partial charge on any atom is -0.379 e. The van der Waals surface area contributed by atoms with Crippen LogP contribution in [0.4, 0.5) is 5.82 Å². The van der Waals surface area contributed by atoms with Crippen LogP contribution in [0.5, 0.6) is 0 Å². The zero-order valence-electron chi connectivity index (χ0n) is 10.7. The van der Waals surface area contributed by atoms with Crippen LogP contribution in [0.25, 0.3) is 0 Å². The fourth-order valence-corrected chi connectivity index (χ4v) is 1.21. The Morgan fingerprint density at radius 2 is 2.18 bits per heavy atom. The molecule has 0 fully saturated rings. The van der Waals surface area contributed by atoms with Gasteiger partial charge in [0.25, 0.3) is 0 Å². The lowest BCUT2D eigenvalue weighted by Crippen LogP contribution is -2.24. The van der Waals surface area contributed by atoms with Crippen molar-refractivity contribution >= 4 is 5.82 Å². The average molecular weight is 239 g/mol. The van der Waals surface area contributed by atoms with E-state index in [1.165, 1.54) is 0 Å².